The van der Waals surface area contributed by atoms with Crippen LogP contribution in [0.3, 0.4) is 0 Å². The summed E-state index contributed by atoms with van der Waals surface area (Å²) in [6, 6.07) is 22.4. The Morgan fingerprint density at radius 2 is 1.69 bits per heavy atom. The van der Waals surface area contributed by atoms with E-state index in [-0.39, 0.29) is 24.0 Å². The third kappa shape index (κ3) is 4.83. The van der Waals surface area contributed by atoms with Gasteiger partial charge in [0.1, 0.15) is 0 Å². The Morgan fingerprint density at radius 3 is 2.46 bits per heavy atom. The number of carbonyl (C=O) groups excluding carboxylic acids is 2. The molecule has 1 N–H and O–H groups in total. The van der Waals surface area contributed by atoms with Gasteiger partial charge in [-0.25, -0.2) is 4.79 Å². The monoisotopic (exact) mass is 471 g/mol. The largest absolute Gasteiger partial charge is 0.466 e. The number of ether oxygens (including phenoxy) is 1. The molecule has 0 unspecified atom stereocenters. The van der Waals surface area contributed by atoms with Gasteiger partial charge >= 0.3 is 12.0 Å². The van der Waals surface area contributed by atoms with Crippen LogP contribution in [0.2, 0.25) is 0 Å². The minimum absolute atomic E-state index is 0.000687. The van der Waals surface area contributed by atoms with Crippen LogP contribution in [-0.4, -0.2) is 34.6 Å². The van der Waals surface area contributed by atoms with E-state index in [1.807, 2.05) is 48.2 Å². The van der Waals surface area contributed by atoms with Gasteiger partial charge in [-0.15, -0.1) is 0 Å². The van der Waals surface area contributed by atoms with Crippen molar-refractivity contribution in [1.82, 2.24) is 14.8 Å². The fourth-order valence-corrected chi connectivity index (χ4v) is 5.52. The summed E-state index contributed by atoms with van der Waals surface area (Å²) < 4.78 is 7.40. The molecule has 1 aliphatic heterocycles. The van der Waals surface area contributed by atoms with Crippen LogP contribution < -0.4 is 5.32 Å². The lowest BCUT2D eigenvalue weighted by molar-refractivity contribution is -0.149. The van der Waals surface area contributed by atoms with Crippen molar-refractivity contribution in [3.05, 3.63) is 89.7 Å². The zero-order valence-electron chi connectivity index (χ0n) is 20.2. The van der Waals surface area contributed by atoms with Crippen LogP contribution in [0.25, 0.3) is 5.69 Å². The lowest BCUT2D eigenvalue weighted by Gasteiger charge is -2.32. The molecule has 1 aromatic heterocycles. The number of hydrogen-bond acceptors (Lipinski definition) is 3. The predicted molar refractivity (Wildman–Crippen MR) is 135 cm³/mol. The molecule has 1 saturated carbocycles. The van der Waals surface area contributed by atoms with Crippen LogP contribution in [0, 0.1) is 11.8 Å². The average Bonchev–Trinajstić information content (AvgIpc) is 3.32. The first-order valence-corrected chi connectivity index (χ1v) is 12.7. The molecule has 1 aliphatic carbocycles. The smallest absolute Gasteiger partial charge is 0.318 e. The van der Waals surface area contributed by atoms with Crippen LogP contribution in [-0.2, 0) is 16.1 Å². The van der Waals surface area contributed by atoms with Crippen molar-refractivity contribution in [2.24, 2.45) is 11.8 Å². The third-order valence-electron chi connectivity index (χ3n) is 7.35. The molecule has 1 atom stereocenters. The molecule has 2 aliphatic rings. The standard InChI is InChI=1S/C29H33N3O3/c1-2-35-28(33)23-16-14-21(15-17-23)19-30-29(34)32-20-24-11-6-7-12-25(24)31-18-8-13-26(31)27(32)22-9-4-3-5-10-22/h3-13,18,21,23,27H,2,14-17,19-20H2,1H3,(H,30,34)/t21?,23?,27-/m0/s1. The molecular formula is C29H33N3O3. The van der Waals surface area contributed by atoms with Crippen LogP contribution in [0.5, 0.6) is 0 Å². The number of urea groups is 1. The first kappa shape index (κ1) is 23.2. The lowest BCUT2D eigenvalue weighted by atomic mass is 9.82. The Labute approximate surface area is 206 Å². The second-order valence-electron chi connectivity index (χ2n) is 9.53. The topological polar surface area (TPSA) is 63.6 Å². The van der Waals surface area contributed by atoms with Crippen LogP contribution >= 0.6 is 0 Å². The number of benzene rings is 2. The number of hydrogen-bond donors (Lipinski definition) is 1. The van der Waals surface area contributed by atoms with Gasteiger partial charge in [0.05, 0.1) is 30.8 Å². The normalized spacial score (nSPS) is 21.4. The molecule has 35 heavy (non-hydrogen) atoms. The summed E-state index contributed by atoms with van der Waals surface area (Å²) in [5.41, 5.74) is 4.39. The minimum atomic E-state index is -0.196. The molecule has 182 valence electrons. The Hall–Kier alpha value is -3.54. The molecule has 2 aromatic carbocycles. The number of nitrogens with one attached hydrogen (secondary N) is 1. The summed E-state index contributed by atoms with van der Waals surface area (Å²) >= 11 is 0. The maximum atomic E-state index is 13.7. The molecule has 0 saturated heterocycles. The summed E-state index contributed by atoms with van der Waals surface area (Å²) in [4.78, 5) is 27.7. The number of rotatable bonds is 5. The van der Waals surface area contributed by atoms with Gasteiger partial charge in [-0.1, -0.05) is 48.5 Å². The Balaban J connectivity index is 1.35. The van der Waals surface area contributed by atoms with E-state index in [0.29, 0.717) is 25.6 Å². The summed E-state index contributed by atoms with van der Waals surface area (Å²) in [6.45, 7) is 3.42. The van der Waals surface area contributed by atoms with Crippen molar-refractivity contribution in [3.8, 4) is 5.69 Å². The number of nitrogens with zero attached hydrogens (tertiary/aromatic N) is 2. The summed E-state index contributed by atoms with van der Waals surface area (Å²) in [5, 5.41) is 3.23. The second kappa shape index (κ2) is 10.4. The highest BCUT2D eigenvalue weighted by atomic mass is 16.5. The lowest BCUT2D eigenvalue weighted by Crippen LogP contribution is -2.44. The van der Waals surface area contributed by atoms with Gasteiger partial charge < -0.3 is 19.5 Å². The van der Waals surface area contributed by atoms with Gasteiger partial charge in [0.25, 0.3) is 0 Å². The van der Waals surface area contributed by atoms with Crippen molar-refractivity contribution in [3.63, 3.8) is 0 Å². The van der Waals surface area contributed by atoms with Crippen molar-refractivity contribution < 1.29 is 14.3 Å². The van der Waals surface area contributed by atoms with Gasteiger partial charge in [0, 0.05) is 18.4 Å². The second-order valence-corrected chi connectivity index (χ2v) is 9.53. The number of fused-ring (bicyclic) bond motifs is 3. The molecular weight excluding hydrogens is 438 g/mol. The number of para-hydroxylation sites is 1. The van der Waals surface area contributed by atoms with Gasteiger partial charge in [-0.2, -0.15) is 0 Å². The maximum absolute atomic E-state index is 13.7. The van der Waals surface area contributed by atoms with Crippen molar-refractivity contribution >= 4 is 12.0 Å². The average molecular weight is 472 g/mol. The highest BCUT2D eigenvalue weighted by molar-refractivity contribution is 5.76. The SMILES string of the molecule is CCOC(=O)C1CCC(CNC(=O)N2Cc3ccccc3-n3cccc3[C@@H]2c2ccccc2)CC1. The van der Waals surface area contributed by atoms with Crippen LogP contribution in [0.1, 0.15) is 55.5 Å². The Bertz CT molecular complexity index is 1160. The Morgan fingerprint density at radius 1 is 0.943 bits per heavy atom. The molecule has 3 aromatic rings. The zero-order valence-corrected chi connectivity index (χ0v) is 20.2. The molecule has 0 bridgehead atoms. The van der Waals surface area contributed by atoms with Gasteiger partial charge in [-0.3, -0.25) is 4.79 Å². The first-order valence-electron chi connectivity index (χ1n) is 12.7. The van der Waals surface area contributed by atoms with Gasteiger partial charge in [0.2, 0.25) is 0 Å². The molecule has 0 spiro atoms. The summed E-state index contributed by atoms with van der Waals surface area (Å²) in [5.74, 6) is 0.300. The highest BCUT2D eigenvalue weighted by Gasteiger charge is 2.33. The maximum Gasteiger partial charge on any atom is 0.318 e. The van der Waals surface area contributed by atoms with Crippen molar-refractivity contribution in [2.45, 2.75) is 45.2 Å². The van der Waals surface area contributed by atoms with Gasteiger partial charge in [-0.05, 0) is 67.9 Å². The molecule has 1 fully saturated rings. The molecule has 0 radical (unpaired) electrons. The minimum Gasteiger partial charge on any atom is -0.466 e. The quantitative estimate of drug-likeness (QED) is 0.503. The van der Waals surface area contributed by atoms with Crippen molar-refractivity contribution in [2.75, 3.05) is 13.2 Å². The molecule has 2 heterocycles. The number of amides is 2. The number of aromatic nitrogens is 1. The van der Waals surface area contributed by atoms with Crippen molar-refractivity contribution in [1.29, 1.82) is 0 Å². The summed E-state index contributed by atoms with van der Waals surface area (Å²) in [7, 11) is 0. The first-order chi connectivity index (χ1) is 17.2. The summed E-state index contributed by atoms with van der Waals surface area (Å²) in [6.07, 6.45) is 5.59. The molecule has 5 rings (SSSR count). The van der Waals surface area contributed by atoms with E-state index in [0.717, 1.165) is 48.2 Å². The molecule has 6 nitrogen and oxygen atoms in total. The van der Waals surface area contributed by atoms with E-state index in [2.05, 4.69) is 46.4 Å². The van der Waals surface area contributed by atoms with E-state index in [1.54, 1.807) is 0 Å². The van der Waals surface area contributed by atoms with E-state index >= 15 is 0 Å². The fraction of sp³-hybridized carbons (Fsp3) is 0.379. The van der Waals surface area contributed by atoms with Gasteiger partial charge in [0.15, 0.2) is 0 Å². The molecule has 2 amide bonds. The van der Waals surface area contributed by atoms with E-state index in [4.69, 9.17) is 4.74 Å². The fourth-order valence-electron chi connectivity index (χ4n) is 5.52. The third-order valence-corrected chi connectivity index (χ3v) is 7.35. The Kier molecular flexibility index (Phi) is 6.89. The zero-order chi connectivity index (χ0) is 24.2. The van der Waals surface area contributed by atoms with E-state index in [9.17, 15) is 9.59 Å². The molecule has 6 heteroatoms. The number of esters is 1. The van der Waals surface area contributed by atoms with Crippen LogP contribution in [0.15, 0.2) is 72.9 Å². The predicted octanol–water partition coefficient (Wildman–Crippen LogP) is 5.46. The van der Waals surface area contributed by atoms with E-state index in [1.165, 1.54) is 0 Å². The highest BCUT2D eigenvalue weighted by Crippen LogP contribution is 2.36. The van der Waals surface area contributed by atoms with E-state index < -0.39 is 0 Å². The number of carbonyl (C=O) groups is 2. The van der Waals surface area contributed by atoms with Crippen LogP contribution in [0.4, 0.5) is 4.79 Å².